The molecule has 2 aromatic rings. The number of nitrogens with zero attached hydrogens (tertiary/aromatic N) is 1. The fourth-order valence-corrected chi connectivity index (χ4v) is 2.69. The summed E-state index contributed by atoms with van der Waals surface area (Å²) in [5, 5.41) is 12.4. The molecule has 1 aliphatic rings. The third kappa shape index (κ3) is 1.78. The third-order valence-corrected chi connectivity index (χ3v) is 3.83. The summed E-state index contributed by atoms with van der Waals surface area (Å²) in [5.74, 6) is -0.851. The van der Waals surface area contributed by atoms with E-state index >= 15 is 0 Å². The van der Waals surface area contributed by atoms with Crippen molar-refractivity contribution in [3.63, 3.8) is 0 Å². The first-order valence-electron chi connectivity index (χ1n) is 6.64. The molecular weight excluding hydrogens is 280 g/mol. The van der Waals surface area contributed by atoms with Crippen LogP contribution in [-0.2, 0) is 14.9 Å². The van der Waals surface area contributed by atoms with Gasteiger partial charge in [-0.15, -0.1) is 0 Å². The van der Waals surface area contributed by atoms with Gasteiger partial charge >= 0.3 is 5.97 Å². The van der Waals surface area contributed by atoms with Crippen molar-refractivity contribution in [1.29, 1.82) is 5.26 Å². The van der Waals surface area contributed by atoms with E-state index in [-0.39, 0.29) is 5.91 Å². The van der Waals surface area contributed by atoms with Crippen LogP contribution in [0.1, 0.15) is 21.5 Å². The highest BCUT2D eigenvalue weighted by molar-refractivity contribution is 6.11. The van der Waals surface area contributed by atoms with Crippen LogP contribution in [0.3, 0.4) is 0 Å². The Bertz CT molecular complexity index is 805. The lowest BCUT2D eigenvalue weighted by Crippen LogP contribution is -2.34. The molecule has 0 spiro atoms. The van der Waals surface area contributed by atoms with E-state index in [0.717, 1.165) is 0 Å². The summed E-state index contributed by atoms with van der Waals surface area (Å²) < 4.78 is 4.65. The van der Waals surface area contributed by atoms with Gasteiger partial charge in [-0.3, -0.25) is 4.79 Å². The Morgan fingerprint density at radius 2 is 1.86 bits per heavy atom. The number of nitriles is 1. The summed E-state index contributed by atoms with van der Waals surface area (Å²) in [6.45, 7) is 0. The number of benzene rings is 2. The second kappa shape index (κ2) is 5.01. The first-order valence-corrected chi connectivity index (χ1v) is 6.64. The Kier molecular flexibility index (Phi) is 3.15. The second-order valence-electron chi connectivity index (χ2n) is 4.93. The molecule has 1 amide bonds. The molecule has 1 heterocycles. The number of carbonyl (C=O) groups excluding carboxylic acids is 2. The van der Waals surface area contributed by atoms with Gasteiger partial charge < -0.3 is 10.1 Å². The normalized spacial score (nSPS) is 19.0. The molecule has 0 saturated heterocycles. The highest BCUT2D eigenvalue weighted by Crippen LogP contribution is 2.42. The van der Waals surface area contributed by atoms with Crippen molar-refractivity contribution in [2.24, 2.45) is 0 Å². The van der Waals surface area contributed by atoms with Gasteiger partial charge in [0.05, 0.1) is 18.7 Å². The molecular formula is C17H12N2O3. The Balaban J connectivity index is 2.14. The van der Waals surface area contributed by atoms with Crippen LogP contribution in [-0.4, -0.2) is 19.0 Å². The molecule has 5 heteroatoms. The summed E-state index contributed by atoms with van der Waals surface area (Å²) in [5.41, 5.74) is 0.737. The number of hydrogen-bond donors (Lipinski definition) is 1. The Morgan fingerprint density at radius 3 is 2.50 bits per heavy atom. The monoisotopic (exact) mass is 292 g/mol. The average Bonchev–Trinajstić information content (AvgIpc) is 2.86. The van der Waals surface area contributed by atoms with Crippen LogP contribution in [0.4, 0.5) is 5.69 Å². The van der Waals surface area contributed by atoms with Crippen LogP contribution in [0.15, 0.2) is 48.5 Å². The summed E-state index contributed by atoms with van der Waals surface area (Å²) >= 11 is 0. The zero-order valence-corrected chi connectivity index (χ0v) is 11.8. The van der Waals surface area contributed by atoms with E-state index in [1.54, 1.807) is 48.5 Å². The van der Waals surface area contributed by atoms with Gasteiger partial charge in [-0.1, -0.05) is 30.3 Å². The smallest absolute Gasteiger partial charge is 0.337 e. The van der Waals surface area contributed by atoms with Gasteiger partial charge in [0.25, 0.3) is 5.91 Å². The van der Waals surface area contributed by atoms with Crippen molar-refractivity contribution in [1.82, 2.24) is 0 Å². The summed E-state index contributed by atoms with van der Waals surface area (Å²) in [6.07, 6.45) is 0. The lowest BCUT2D eigenvalue weighted by molar-refractivity contribution is -0.118. The lowest BCUT2D eigenvalue weighted by atomic mass is 9.76. The number of fused-ring (bicyclic) bond motifs is 1. The molecule has 5 nitrogen and oxygen atoms in total. The molecule has 1 N–H and O–H groups in total. The van der Waals surface area contributed by atoms with Crippen LogP contribution in [0.25, 0.3) is 0 Å². The van der Waals surface area contributed by atoms with Crippen molar-refractivity contribution in [2.45, 2.75) is 5.41 Å². The fraction of sp³-hybridized carbons (Fsp3) is 0.118. The molecule has 0 aliphatic carbocycles. The number of methoxy groups -OCH3 is 1. The summed E-state index contributed by atoms with van der Waals surface area (Å²) in [6, 6.07) is 15.5. The summed E-state index contributed by atoms with van der Waals surface area (Å²) in [7, 11) is 1.30. The standard InChI is InChI=1S/C17H12N2O3/c1-22-15(20)11-6-8-12(9-7-11)17(10-18)13-4-2-3-5-14(13)19-16(17)21/h2-9H,1H3,(H,19,21)/t17-/m0/s1. The van der Waals surface area contributed by atoms with Crippen molar-refractivity contribution >= 4 is 17.6 Å². The SMILES string of the molecule is COC(=O)c1ccc([C@]2(C#N)C(=O)Nc3ccccc32)cc1. The second-order valence-corrected chi connectivity index (χ2v) is 4.93. The van der Waals surface area contributed by atoms with Gasteiger partial charge in [0, 0.05) is 11.3 Å². The first kappa shape index (κ1) is 13.8. The molecule has 3 rings (SSSR count). The molecule has 1 atom stereocenters. The highest BCUT2D eigenvalue weighted by atomic mass is 16.5. The molecule has 0 saturated carbocycles. The van der Waals surface area contributed by atoms with E-state index in [4.69, 9.17) is 0 Å². The number of amides is 1. The molecule has 0 fully saturated rings. The van der Waals surface area contributed by atoms with Crippen LogP contribution >= 0.6 is 0 Å². The Morgan fingerprint density at radius 1 is 1.18 bits per heavy atom. The van der Waals surface area contributed by atoms with Crippen LogP contribution in [0.5, 0.6) is 0 Å². The number of nitrogens with one attached hydrogen (secondary N) is 1. The first-order chi connectivity index (χ1) is 10.6. The Hall–Kier alpha value is -3.13. The number of rotatable bonds is 2. The minimum Gasteiger partial charge on any atom is -0.465 e. The molecule has 108 valence electrons. The lowest BCUT2D eigenvalue weighted by Gasteiger charge is -2.19. The van der Waals surface area contributed by atoms with Gasteiger partial charge in [0.1, 0.15) is 0 Å². The molecule has 0 aromatic heterocycles. The van der Waals surface area contributed by atoms with Crippen LogP contribution < -0.4 is 5.32 Å². The van der Waals surface area contributed by atoms with Gasteiger partial charge in [0.15, 0.2) is 5.41 Å². The Labute approximate surface area is 127 Å². The number of carbonyl (C=O) groups is 2. The van der Waals surface area contributed by atoms with E-state index < -0.39 is 11.4 Å². The molecule has 22 heavy (non-hydrogen) atoms. The number of anilines is 1. The molecule has 1 aliphatic heterocycles. The maximum Gasteiger partial charge on any atom is 0.337 e. The van der Waals surface area contributed by atoms with E-state index in [1.165, 1.54) is 7.11 Å². The molecule has 0 radical (unpaired) electrons. The van der Waals surface area contributed by atoms with Gasteiger partial charge in [-0.2, -0.15) is 5.26 Å². The van der Waals surface area contributed by atoms with Gasteiger partial charge in [-0.25, -0.2) is 4.79 Å². The van der Waals surface area contributed by atoms with Gasteiger partial charge in [-0.05, 0) is 23.8 Å². The number of para-hydroxylation sites is 1. The highest BCUT2D eigenvalue weighted by Gasteiger charge is 2.48. The van der Waals surface area contributed by atoms with Crippen molar-refractivity contribution in [3.8, 4) is 6.07 Å². The van der Waals surface area contributed by atoms with Gasteiger partial charge in [0.2, 0.25) is 0 Å². The maximum absolute atomic E-state index is 12.4. The predicted molar refractivity (Wildman–Crippen MR) is 79.2 cm³/mol. The average molecular weight is 292 g/mol. The van der Waals surface area contributed by atoms with E-state index in [2.05, 4.69) is 16.1 Å². The number of hydrogen-bond acceptors (Lipinski definition) is 4. The third-order valence-electron chi connectivity index (χ3n) is 3.83. The van der Waals surface area contributed by atoms with E-state index in [9.17, 15) is 14.9 Å². The van der Waals surface area contributed by atoms with E-state index in [1.807, 2.05) is 0 Å². The fourth-order valence-electron chi connectivity index (χ4n) is 2.69. The summed E-state index contributed by atoms with van der Waals surface area (Å²) in [4.78, 5) is 23.9. The van der Waals surface area contributed by atoms with E-state index in [0.29, 0.717) is 22.4 Å². The molecule has 2 aromatic carbocycles. The predicted octanol–water partition coefficient (Wildman–Crippen LogP) is 2.23. The number of esters is 1. The minimum absolute atomic E-state index is 0.367. The zero-order valence-electron chi connectivity index (χ0n) is 11.8. The van der Waals surface area contributed by atoms with Crippen molar-refractivity contribution < 1.29 is 14.3 Å². The molecule has 0 unspecified atom stereocenters. The van der Waals surface area contributed by atoms with Crippen molar-refractivity contribution in [2.75, 3.05) is 12.4 Å². The minimum atomic E-state index is -1.40. The largest absolute Gasteiger partial charge is 0.465 e. The molecule has 0 bridgehead atoms. The van der Waals surface area contributed by atoms with Crippen LogP contribution in [0.2, 0.25) is 0 Å². The zero-order chi connectivity index (χ0) is 15.7. The van der Waals surface area contributed by atoms with Crippen LogP contribution in [0, 0.1) is 11.3 Å². The topological polar surface area (TPSA) is 79.2 Å². The quantitative estimate of drug-likeness (QED) is 0.861. The maximum atomic E-state index is 12.4. The van der Waals surface area contributed by atoms with Crippen molar-refractivity contribution in [3.05, 3.63) is 65.2 Å². The number of ether oxygens (including phenoxy) is 1.